The largest absolute Gasteiger partial charge is 0.304 e. The van der Waals surface area contributed by atoms with Crippen molar-refractivity contribution in [1.82, 2.24) is 9.80 Å². The number of hydrogen-bond acceptors (Lipinski definition) is 3. The molecule has 1 aliphatic heterocycles. The summed E-state index contributed by atoms with van der Waals surface area (Å²) < 4.78 is 0. The Morgan fingerprint density at radius 1 is 1.21 bits per heavy atom. The fourth-order valence-electron chi connectivity index (χ4n) is 1.90. The highest BCUT2D eigenvalue weighted by atomic mass is 16.1. The van der Waals surface area contributed by atoms with E-state index in [1.165, 1.54) is 0 Å². The average Bonchev–Trinajstić information content (AvgIpc) is 2.08. The Hall–Kier alpha value is -0.410. The van der Waals surface area contributed by atoms with Crippen LogP contribution in [0.4, 0.5) is 0 Å². The van der Waals surface area contributed by atoms with E-state index in [0.29, 0.717) is 6.42 Å². The topological polar surface area (TPSA) is 23.6 Å². The molecule has 0 spiro atoms. The van der Waals surface area contributed by atoms with Gasteiger partial charge in [0.15, 0.2) is 0 Å². The van der Waals surface area contributed by atoms with Gasteiger partial charge < -0.3 is 14.6 Å². The number of rotatable bonds is 4. The first-order chi connectivity index (χ1) is 6.53. The van der Waals surface area contributed by atoms with Crippen LogP contribution < -0.4 is 0 Å². The monoisotopic (exact) mass is 198 g/mol. The van der Waals surface area contributed by atoms with Crippen LogP contribution >= 0.6 is 0 Å². The van der Waals surface area contributed by atoms with Gasteiger partial charge in [-0.15, -0.1) is 0 Å². The molecule has 1 fully saturated rings. The second-order valence-electron chi connectivity index (χ2n) is 5.11. The van der Waals surface area contributed by atoms with Crippen LogP contribution in [-0.4, -0.2) is 55.9 Å². The van der Waals surface area contributed by atoms with Gasteiger partial charge in [0.1, 0.15) is 6.29 Å². The Morgan fingerprint density at radius 3 is 2.29 bits per heavy atom. The van der Waals surface area contributed by atoms with Gasteiger partial charge in [-0.3, -0.25) is 0 Å². The molecule has 0 radical (unpaired) electrons. The summed E-state index contributed by atoms with van der Waals surface area (Å²) in [5.74, 6) is 0. The third-order valence-electron chi connectivity index (χ3n) is 2.88. The molecular formula is C11H22N2O. The summed E-state index contributed by atoms with van der Waals surface area (Å²) in [6, 6.07) is 0. The van der Waals surface area contributed by atoms with Crippen LogP contribution in [0.25, 0.3) is 0 Å². The molecule has 1 heterocycles. The molecule has 3 nitrogen and oxygen atoms in total. The molecule has 0 aliphatic carbocycles. The summed E-state index contributed by atoms with van der Waals surface area (Å²) >= 11 is 0. The Bertz CT molecular complexity index is 184. The second-order valence-corrected chi connectivity index (χ2v) is 5.11. The van der Waals surface area contributed by atoms with Crippen LogP contribution in [0.15, 0.2) is 0 Å². The predicted octanol–water partition coefficient (Wildman–Crippen LogP) is 0.849. The summed E-state index contributed by atoms with van der Waals surface area (Å²) in [5, 5.41) is 0. The molecule has 0 bridgehead atoms. The van der Waals surface area contributed by atoms with E-state index in [4.69, 9.17) is 0 Å². The molecule has 82 valence electrons. The summed E-state index contributed by atoms with van der Waals surface area (Å²) in [4.78, 5) is 15.3. The first-order valence-corrected chi connectivity index (χ1v) is 5.38. The molecule has 1 aliphatic rings. The molecule has 0 unspecified atom stereocenters. The van der Waals surface area contributed by atoms with E-state index >= 15 is 0 Å². The van der Waals surface area contributed by atoms with E-state index in [0.717, 1.165) is 39.0 Å². The van der Waals surface area contributed by atoms with Gasteiger partial charge in [-0.05, 0) is 12.5 Å². The number of carbonyl (C=O) groups excluding carboxylic acids is 1. The first-order valence-electron chi connectivity index (χ1n) is 5.38. The fourth-order valence-corrected chi connectivity index (χ4v) is 1.90. The highest BCUT2D eigenvalue weighted by Crippen LogP contribution is 2.20. The van der Waals surface area contributed by atoms with Gasteiger partial charge in [0.2, 0.25) is 0 Å². The zero-order valence-electron chi connectivity index (χ0n) is 9.62. The van der Waals surface area contributed by atoms with Crippen LogP contribution in [0.3, 0.4) is 0 Å². The maximum atomic E-state index is 10.5. The minimum Gasteiger partial charge on any atom is -0.304 e. The van der Waals surface area contributed by atoms with Crippen molar-refractivity contribution in [2.24, 2.45) is 5.41 Å². The van der Waals surface area contributed by atoms with Gasteiger partial charge in [-0.25, -0.2) is 0 Å². The van der Waals surface area contributed by atoms with E-state index < -0.39 is 0 Å². The molecule has 0 aromatic heterocycles. The lowest BCUT2D eigenvalue weighted by atomic mass is 9.89. The Kier molecular flexibility index (Phi) is 4.08. The molecule has 0 aromatic carbocycles. The molecule has 0 amide bonds. The minimum absolute atomic E-state index is 0.137. The third-order valence-corrected chi connectivity index (χ3v) is 2.88. The van der Waals surface area contributed by atoms with E-state index in [9.17, 15) is 4.79 Å². The normalized spacial score (nSPS) is 21.1. The van der Waals surface area contributed by atoms with Crippen LogP contribution in [0, 0.1) is 5.41 Å². The molecule has 1 rings (SSSR count). The van der Waals surface area contributed by atoms with Crippen molar-refractivity contribution in [1.29, 1.82) is 0 Å². The lowest BCUT2D eigenvalue weighted by Gasteiger charge is -2.37. The van der Waals surface area contributed by atoms with E-state index in [2.05, 4.69) is 30.7 Å². The van der Waals surface area contributed by atoms with Crippen molar-refractivity contribution in [3.8, 4) is 0 Å². The van der Waals surface area contributed by atoms with Crippen molar-refractivity contribution in [2.45, 2.75) is 20.3 Å². The minimum atomic E-state index is 0.137. The number of hydrogen-bond donors (Lipinski definition) is 0. The highest BCUT2D eigenvalue weighted by molar-refractivity contribution is 5.50. The maximum Gasteiger partial charge on any atom is 0.120 e. The van der Waals surface area contributed by atoms with Crippen LogP contribution in [-0.2, 0) is 4.79 Å². The summed E-state index contributed by atoms with van der Waals surface area (Å²) in [7, 11) is 2.16. The Labute approximate surface area is 87.1 Å². The SMILES string of the molecule is CN1CCN(CC(C)(C)CC=O)CC1. The van der Waals surface area contributed by atoms with Gasteiger partial charge in [-0.1, -0.05) is 13.8 Å². The number of aldehydes is 1. The summed E-state index contributed by atoms with van der Waals surface area (Å²) in [6.45, 7) is 9.95. The van der Waals surface area contributed by atoms with E-state index in [1.807, 2.05) is 0 Å². The number of likely N-dealkylation sites (N-methyl/N-ethyl adjacent to an activating group) is 1. The quantitative estimate of drug-likeness (QED) is 0.626. The Balaban J connectivity index is 2.33. The zero-order chi connectivity index (χ0) is 10.6. The summed E-state index contributed by atoms with van der Waals surface area (Å²) in [6.07, 6.45) is 1.70. The standard InChI is InChI=1S/C11H22N2O/c1-11(2,4-9-14)10-13-7-5-12(3)6-8-13/h9H,4-8,10H2,1-3H3. The van der Waals surface area contributed by atoms with Gasteiger partial charge in [-0.2, -0.15) is 0 Å². The van der Waals surface area contributed by atoms with E-state index in [1.54, 1.807) is 0 Å². The van der Waals surface area contributed by atoms with Crippen LogP contribution in [0.1, 0.15) is 20.3 Å². The lowest BCUT2D eigenvalue weighted by molar-refractivity contribution is -0.109. The second kappa shape index (κ2) is 4.89. The number of nitrogens with zero attached hydrogens (tertiary/aromatic N) is 2. The van der Waals surface area contributed by atoms with Crippen LogP contribution in [0.2, 0.25) is 0 Å². The van der Waals surface area contributed by atoms with Gasteiger partial charge in [0.05, 0.1) is 0 Å². The number of carbonyl (C=O) groups is 1. The molecule has 0 atom stereocenters. The molecule has 14 heavy (non-hydrogen) atoms. The Morgan fingerprint density at radius 2 is 1.79 bits per heavy atom. The molecule has 0 saturated carbocycles. The summed E-state index contributed by atoms with van der Waals surface area (Å²) in [5.41, 5.74) is 0.137. The molecule has 1 saturated heterocycles. The van der Waals surface area contributed by atoms with Crippen molar-refractivity contribution >= 4 is 6.29 Å². The third kappa shape index (κ3) is 3.76. The van der Waals surface area contributed by atoms with Crippen molar-refractivity contribution in [3.63, 3.8) is 0 Å². The number of piperazine rings is 1. The lowest BCUT2D eigenvalue weighted by Crippen LogP contribution is -2.47. The molecule has 0 N–H and O–H groups in total. The smallest absolute Gasteiger partial charge is 0.120 e. The predicted molar refractivity (Wildman–Crippen MR) is 58.4 cm³/mol. The zero-order valence-corrected chi connectivity index (χ0v) is 9.62. The van der Waals surface area contributed by atoms with Gasteiger partial charge in [0.25, 0.3) is 0 Å². The molecular weight excluding hydrogens is 176 g/mol. The van der Waals surface area contributed by atoms with E-state index in [-0.39, 0.29) is 5.41 Å². The van der Waals surface area contributed by atoms with Crippen molar-refractivity contribution < 1.29 is 4.79 Å². The van der Waals surface area contributed by atoms with Gasteiger partial charge >= 0.3 is 0 Å². The van der Waals surface area contributed by atoms with Crippen molar-refractivity contribution in [3.05, 3.63) is 0 Å². The first kappa shape index (κ1) is 11.7. The van der Waals surface area contributed by atoms with Crippen LogP contribution in [0.5, 0.6) is 0 Å². The highest BCUT2D eigenvalue weighted by Gasteiger charge is 2.23. The molecule has 3 heteroatoms. The fraction of sp³-hybridized carbons (Fsp3) is 0.909. The maximum absolute atomic E-state index is 10.5. The van der Waals surface area contributed by atoms with Crippen molar-refractivity contribution in [2.75, 3.05) is 39.8 Å². The van der Waals surface area contributed by atoms with Gasteiger partial charge in [0, 0.05) is 39.1 Å². The molecule has 0 aromatic rings. The average molecular weight is 198 g/mol.